The van der Waals surface area contributed by atoms with Gasteiger partial charge in [0.25, 0.3) is 5.56 Å². The molecule has 1 amide bonds. The Kier molecular flexibility index (Phi) is 5.84. The summed E-state index contributed by atoms with van der Waals surface area (Å²) in [6.07, 6.45) is 0.609. The summed E-state index contributed by atoms with van der Waals surface area (Å²) in [5.74, 6) is -0.176. The van der Waals surface area contributed by atoms with Crippen molar-refractivity contribution in [3.8, 4) is 0 Å². The molecule has 2 aromatic carbocycles. The number of aromatic nitrogens is 2. The number of para-hydroxylation sites is 1. The predicted molar refractivity (Wildman–Crippen MR) is 126 cm³/mol. The van der Waals surface area contributed by atoms with Crippen LogP contribution in [0.3, 0.4) is 0 Å². The highest BCUT2D eigenvalue weighted by molar-refractivity contribution is 7.89. The lowest BCUT2D eigenvalue weighted by Crippen LogP contribution is -2.40. The molecule has 10 nitrogen and oxygen atoms in total. The number of nitrogens with zero attached hydrogens (tertiary/aromatic N) is 3. The SMILES string of the molecule is O=C(CCn1c(=O)[nH]c(=O)c2ccccc21)N1CCc2cc(S(=O)(=O)N3CCOCC3)ccc21. The zero-order valence-electron chi connectivity index (χ0n) is 18.4. The first kappa shape index (κ1) is 22.5. The fourth-order valence-electron chi connectivity index (χ4n) is 4.54. The zero-order chi connectivity index (χ0) is 23.9. The van der Waals surface area contributed by atoms with Crippen LogP contribution in [0.15, 0.2) is 56.9 Å². The summed E-state index contributed by atoms with van der Waals surface area (Å²) in [4.78, 5) is 41.6. The average molecular weight is 485 g/mol. The van der Waals surface area contributed by atoms with E-state index in [1.165, 1.54) is 14.9 Å². The molecule has 0 radical (unpaired) electrons. The minimum atomic E-state index is -3.61. The molecular formula is C23H24N4O6S. The van der Waals surface area contributed by atoms with Gasteiger partial charge in [0.05, 0.1) is 29.0 Å². The van der Waals surface area contributed by atoms with Crippen LogP contribution in [0.2, 0.25) is 0 Å². The quantitative estimate of drug-likeness (QED) is 0.569. The third-order valence-corrected chi connectivity index (χ3v) is 8.20. The molecule has 0 aliphatic carbocycles. The maximum Gasteiger partial charge on any atom is 0.328 e. The van der Waals surface area contributed by atoms with E-state index in [4.69, 9.17) is 4.74 Å². The fraction of sp³-hybridized carbons (Fsp3) is 0.348. The van der Waals surface area contributed by atoms with Gasteiger partial charge in [0.2, 0.25) is 15.9 Å². The standard InChI is InChI=1S/C23H24N4O6S/c28-21(8-10-27-20-4-2-1-3-18(20)22(29)24-23(27)30)26-9-7-16-15-17(5-6-19(16)26)34(31,32)25-11-13-33-14-12-25/h1-6,15H,7-14H2,(H,24,29,30). The molecular weight excluding hydrogens is 460 g/mol. The molecule has 1 N–H and O–H groups in total. The van der Waals surface area contributed by atoms with E-state index in [0.29, 0.717) is 55.9 Å². The van der Waals surface area contributed by atoms with Crippen molar-refractivity contribution >= 4 is 32.5 Å². The van der Waals surface area contributed by atoms with Gasteiger partial charge in [-0.1, -0.05) is 12.1 Å². The van der Waals surface area contributed by atoms with E-state index in [1.807, 2.05) is 0 Å². The molecule has 178 valence electrons. The second-order valence-corrected chi connectivity index (χ2v) is 10.2. The number of nitrogens with one attached hydrogen (secondary N) is 1. The average Bonchev–Trinajstić information content (AvgIpc) is 3.28. The molecule has 1 aromatic heterocycles. The highest BCUT2D eigenvalue weighted by Gasteiger charge is 2.30. The number of ether oxygens (including phenoxy) is 1. The molecule has 2 aliphatic rings. The Hall–Kier alpha value is -3.28. The molecule has 34 heavy (non-hydrogen) atoms. The van der Waals surface area contributed by atoms with Gasteiger partial charge < -0.3 is 9.64 Å². The van der Waals surface area contributed by atoms with Gasteiger partial charge in [-0.15, -0.1) is 0 Å². The molecule has 11 heteroatoms. The van der Waals surface area contributed by atoms with Gasteiger partial charge in [-0.2, -0.15) is 4.31 Å². The molecule has 2 aliphatic heterocycles. The Morgan fingerprint density at radius 1 is 1.03 bits per heavy atom. The summed E-state index contributed by atoms with van der Waals surface area (Å²) >= 11 is 0. The van der Waals surface area contributed by atoms with Crippen LogP contribution in [0.25, 0.3) is 10.9 Å². The highest BCUT2D eigenvalue weighted by Crippen LogP contribution is 2.31. The number of carbonyl (C=O) groups is 1. The number of aromatic amines is 1. The van der Waals surface area contributed by atoms with E-state index in [0.717, 1.165) is 5.56 Å². The zero-order valence-corrected chi connectivity index (χ0v) is 19.2. The summed E-state index contributed by atoms with van der Waals surface area (Å²) < 4.78 is 34.0. The molecule has 1 fully saturated rings. The van der Waals surface area contributed by atoms with Gasteiger partial charge in [-0.3, -0.25) is 19.1 Å². The normalized spacial score (nSPS) is 16.6. The number of benzene rings is 2. The Bertz CT molecular complexity index is 1490. The highest BCUT2D eigenvalue weighted by atomic mass is 32.2. The van der Waals surface area contributed by atoms with Crippen LogP contribution in [-0.4, -0.2) is 61.0 Å². The number of amides is 1. The van der Waals surface area contributed by atoms with E-state index in [2.05, 4.69) is 4.98 Å². The number of aryl methyl sites for hydroxylation is 1. The number of fused-ring (bicyclic) bond motifs is 2. The van der Waals surface area contributed by atoms with Crippen molar-refractivity contribution in [1.29, 1.82) is 0 Å². The molecule has 3 aromatic rings. The molecule has 0 saturated carbocycles. The van der Waals surface area contributed by atoms with Crippen molar-refractivity contribution in [1.82, 2.24) is 13.9 Å². The lowest BCUT2D eigenvalue weighted by atomic mass is 10.2. The lowest BCUT2D eigenvalue weighted by Gasteiger charge is -2.26. The first-order valence-electron chi connectivity index (χ1n) is 11.1. The van der Waals surface area contributed by atoms with Crippen molar-refractivity contribution in [2.24, 2.45) is 0 Å². The Labute approximate surface area is 195 Å². The second-order valence-electron chi connectivity index (χ2n) is 8.28. The van der Waals surface area contributed by atoms with Crippen LogP contribution in [0.1, 0.15) is 12.0 Å². The van der Waals surface area contributed by atoms with Crippen LogP contribution < -0.4 is 16.1 Å². The number of carbonyl (C=O) groups excluding carboxylic acids is 1. The lowest BCUT2D eigenvalue weighted by molar-refractivity contribution is -0.118. The van der Waals surface area contributed by atoms with Crippen molar-refractivity contribution in [2.75, 3.05) is 37.7 Å². The summed E-state index contributed by atoms with van der Waals surface area (Å²) in [5.41, 5.74) is 0.943. The van der Waals surface area contributed by atoms with E-state index >= 15 is 0 Å². The van der Waals surface area contributed by atoms with Crippen LogP contribution in [0.4, 0.5) is 5.69 Å². The maximum atomic E-state index is 13.0. The second kappa shape index (κ2) is 8.82. The van der Waals surface area contributed by atoms with Gasteiger partial charge in [0.15, 0.2) is 0 Å². The van der Waals surface area contributed by atoms with Gasteiger partial charge >= 0.3 is 5.69 Å². The van der Waals surface area contributed by atoms with E-state index < -0.39 is 21.3 Å². The van der Waals surface area contributed by atoms with Crippen molar-refractivity contribution in [3.05, 3.63) is 68.9 Å². The molecule has 1 saturated heterocycles. The molecule has 0 spiro atoms. The van der Waals surface area contributed by atoms with Crippen LogP contribution in [-0.2, 0) is 32.5 Å². The summed E-state index contributed by atoms with van der Waals surface area (Å²) in [5, 5.41) is 0.384. The number of sulfonamides is 1. The van der Waals surface area contributed by atoms with Gasteiger partial charge in [0.1, 0.15) is 0 Å². The number of morpholine rings is 1. The van der Waals surface area contributed by atoms with Gasteiger partial charge in [-0.05, 0) is 42.3 Å². The Morgan fingerprint density at radius 2 is 1.79 bits per heavy atom. The molecule has 0 bridgehead atoms. The predicted octanol–water partition coefficient (Wildman–Crippen LogP) is 0.690. The monoisotopic (exact) mass is 484 g/mol. The third kappa shape index (κ3) is 3.95. The maximum absolute atomic E-state index is 13.0. The first-order chi connectivity index (χ1) is 16.4. The van der Waals surface area contributed by atoms with Crippen LogP contribution >= 0.6 is 0 Å². The summed E-state index contributed by atoms with van der Waals surface area (Å²) in [6, 6.07) is 11.6. The number of anilines is 1. The van der Waals surface area contributed by atoms with Crippen LogP contribution in [0, 0.1) is 0 Å². The summed E-state index contributed by atoms with van der Waals surface area (Å²) in [6.45, 7) is 1.95. The molecule has 0 unspecified atom stereocenters. The minimum absolute atomic E-state index is 0.0587. The number of hydrogen-bond acceptors (Lipinski definition) is 6. The van der Waals surface area contributed by atoms with Crippen molar-refractivity contribution in [2.45, 2.75) is 24.3 Å². The topological polar surface area (TPSA) is 122 Å². The summed E-state index contributed by atoms with van der Waals surface area (Å²) in [7, 11) is -3.61. The van der Waals surface area contributed by atoms with E-state index in [-0.39, 0.29) is 23.8 Å². The van der Waals surface area contributed by atoms with Crippen LogP contribution in [0.5, 0.6) is 0 Å². The van der Waals surface area contributed by atoms with Crippen molar-refractivity contribution in [3.63, 3.8) is 0 Å². The molecule has 5 rings (SSSR count). The Morgan fingerprint density at radius 3 is 2.59 bits per heavy atom. The number of rotatable bonds is 5. The van der Waals surface area contributed by atoms with Crippen molar-refractivity contribution < 1.29 is 17.9 Å². The van der Waals surface area contributed by atoms with E-state index in [9.17, 15) is 22.8 Å². The van der Waals surface area contributed by atoms with E-state index in [1.54, 1.807) is 41.3 Å². The molecule has 0 atom stereocenters. The fourth-order valence-corrected chi connectivity index (χ4v) is 6.00. The largest absolute Gasteiger partial charge is 0.379 e. The first-order valence-corrected chi connectivity index (χ1v) is 12.5. The minimum Gasteiger partial charge on any atom is -0.379 e. The number of hydrogen-bond donors (Lipinski definition) is 1. The molecule has 3 heterocycles. The Balaban J connectivity index is 1.35. The number of H-pyrrole nitrogens is 1. The van der Waals surface area contributed by atoms with Gasteiger partial charge in [-0.25, -0.2) is 13.2 Å². The van der Waals surface area contributed by atoms with Gasteiger partial charge in [0, 0.05) is 38.3 Å². The third-order valence-electron chi connectivity index (χ3n) is 6.31. The smallest absolute Gasteiger partial charge is 0.328 e.